The number of para-hydroxylation sites is 1. The van der Waals surface area contributed by atoms with Gasteiger partial charge in [0.25, 0.3) is 0 Å². The highest BCUT2D eigenvalue weighted by atomic mass is 32.1. The standard InChI is InChI=1S/C55H34N4S/c1-3-14-35(15-4-1)42-29-27-41(34-49(42)59-48-24-11-9-22-44(48)46-30-26-36-16-7-8-21-43(36)52(46)59)55-57-53(37-17-5-2-6-18-37)56-54(58-55)40-20-13-19-38(32-40)39-28-31-51-47(33-39)45-23-10-12-25-50(45)60-51/h1-34H. The molecule has 0 unspecified atom stereocenters. The molecule has 3 aromatic heterocycles. The summed E-state index contributed by atoms with van der Waals surface area (Å²) in [5, 5.41) is 7.40. The van der Waals surface area contributed by atoms with E-state index in [1.807, 2.05) is 29.5 Å². The van der Waals surface area contributed by atoms with Crippen LogP contribution in [-0.2, 0) is 0 Å². The summed E-state index contributed by atoms with van der Waals surface area (Å²) >= 11 is 1.84. The highest BCUT2D eigenvalue weighted by Gasteiger charge is 2.20. The van der Waals surface area contributed by atoms with Gasteiger partial charge in [-0.2, -0.15) is 0 Å². The largest absolute Gasteiger partial charge is 0.308 e. The molecule has 9 aromatic carbocycles. The third-order valence-corrected chi connectivity index (χ3v) is 12.8. The average molecular weight is 783 g/mol. The fourth-order valence-corrected chi connectivity index (χ4v) is 9.88. The lowest BCUT2D eigenvalue weighted by atomic mass is 10.00. The van der Waals surface area contributed by atoms with Crippen molar-refractivity contribution in [3.05, 3.63) is 206 Å². The van der Waals surface area contributed by atoms with Crippen LogP contribution in [0, 0.1) is 0 Å². The van der Waals surface area contributed by atoms with Gasteiger partial charge in [0.1, 0.15) is 0 Å². The minimum Gasteiger partial charge on any atom is -0.308 e. The molecule has 0 aliphatic carbocycles. The number of benzene rings is 9. The molecule has 4 nitrogen and oxygen atoms in total. The summed E-state index contributed by atoms with van der Waals surface area (Å²) in [4.78, 5) is 15.6. The molecule has 12 rings (SSSR count). The zero-order chi connectivity index (χ0) is 39.6. The van der Waals surface area contributed by atoms with E-state index in [2.05, 4.69) is 193 Å². The van der Waals surface area contributed by atoms with E-state index in [1.54, 1.807) is 0 Å². The van der Waals surface area contributed by atoms with Crippen LogP contribution in [0.2, 0.25) is 0 Å². The molecule has 0 saturated heterocycles. The van der Waals surface area contributed by atoms with Gasteiger partial charge in [0.2, 0.25) is 0 Å². The summed E-state index contributed by atoms with van der Waals surface area (Å²) in [6.07, 6.45) is 0. The lowest BCUT2D eigenvalue weighted by Crippen LogP contribution is -2.02. The van der Waals surface area contributed by atoms with E-state index < -0.39 is 0 Å². The van der Waals surface area contributed by atoms with Crippen molar-refractivity contribution >= 4 is 64.1 Å². The number of aromatic nitrogens is 4. The number of fused-ring (bicyclic) bond motifs is 8. The topological polar surface area (TPSA) is 43.6 Å². The Morgan fingerprint density at radius 1 is 0.333 bits per heavy atom. The molecule has 0 saturated carbocycles. The molecule has 280 valence electrons. The minimum atomic E-state index is 0.613. The van der Waals surface area contributed by atoms with Crippen molar-refractivity contribution in [1.82, 2.24) is 19.5 Å². The Kier molecular flexibility index (Phi) is 8.00. The van der Waals surface area contributed by atoms with Gasteiger partial charge in [0.05, 0.1) is 16.7 Å². The summed E-state index contributed by atoms with van der Waals surface area (Å²) in [6, 6.07) is 73.4. The van der Waals surface area contributed by atoms with Crippen molar-refractivity contribution in [3.8, 4) is 62.1 Å². The Balaban J connectivity index is 1.07. The molecule has 5 heteroatoms. The second kappa shape index (κ2) is 14.0. The van der Waals surface area contributed by atoms with Gasteiger partial charge < -0.3 is 4.57 Å². The van der Waals surface area contributed by atoms with Crippen LogP contribution in [-0.4, -0.2) is 19.5 Å². The quantitative estimate of drug-likeness (QED) is 0.169. The van der Waals surface area contributed by atoms with Crippen molar-refractivity contribution in [2.75, 3.05) is 0 Å². The summed E-state index contributed by atoms with van der Waals surface area (Å²) < 4.78 is 5.03. The number of hydrogen-bond donors (Lipinski definition) is 0. The van der Waals surface area contributed by atoms with Crippen molar-refractivity contribution in [1.29, 1.82) is 0 Å². The summed E-state index contributed by atoms with van der Waals surface area (Å²) in [7, 11) is 0. The van der Waals surface area contributed by atoms with Crippen LogP contribution in [0.5, 0.6) is 0 Å². The van der Waals surface area contributed by atoms with Crippen LogP contribution in [0.3, 0.4) is 0 Å². The molecule has 0 aliphatic heterocycles. The average Bonchev–Trinajstić information content (AvgIpc) is 3.87. The van der Waals surface area contributed by atoms with Crippen molar-refractivity contribution in [2.24, 2.45) is 0 Å². The molecule has 0 atom stereocenters. The zero-order valence-electron chi connectivity index (χ0n) is 32.3. The summed E-state index contributed by atoms with van der Waals surface area (Å²) in [5.74, 6) is 1.87. The van der Waals surface area contributed by atoms with Gasteiger partial charge >= 0.3 is 0 Å². The third-order valence-electron chi connectivity index (χ3n) is 11.6. The molecule has 60 heavy (non-hydrogen) atoms. The van der Waals surface area contributed by atoms with E-state index in [-0.39, 0.29) is 0 Å². The van der Waals surface area contributed by atoms with E-state index in [0.717, 1.165) is 50.1 Å². The van der Waals surface area contributed by atoms with Crippen LogP contribution in [0.4, 0.5) is 0 Å². The second-order valence-electron chi connectivity index (χ2n) is 15.2. The number of hydrogen-bond acceptors (Lipinski definition) is 4. The van der Waals surface area contributed by atoms with Gasteiger partial charge in [-0.15, -0.1) is 11.3 Å². The molecule has 0 spiro atoms. The van der Waals surface area contributed by atoms with Crippen LogP contribution < -0.4 is 0 Å². The molecule has 0 bridgehead atoms. The molecular weight excluding hydrogens is 749 g/mol. The van der Waals surface area contributed by atoms with E-state index in [4.69, 9.17) is 15.0 Å². The second-order valence-corrected chi connectivity index (χ2v) is 16.3. The minimum absolute atomic E-state index is 0.613. The Labute approximate surface area is 350 Å². The Bertz CT molecular complexity index is 3610. The van der Waals surface area contributed by atoms with Gasteiger partial charge in [-0.3, -0.25) is 0 Å². The van der Waals surface area contributed by atoms with Crippen molar-refractivity contribution < 1.29 is 0 Å². The van der Waals surface area contributed by atoms with E-state index in [0.29, 0.717) is 17.5 Å². The third kappa shape index (κ3) is 5.70. The van der Waals surface area contributed by atoms with Gasteiger partial charge in [0.15, 0.2) is 17.5 Å². The predicted molar refractivity (Wildman–Crippen MR) is 252 cm³/mol. The molecule has 0 fully saturated rings. The lowest BCUT2D eigenvalue weighted by molar-refractivity contribution is 1.07. The molecule has 0 amide bonds. The zero-order valence-corrected chi connectivity index (χ0v) is 33.1. The van der Waals surface area contributed by atoms with Crippen molar-refractivity contribution in [2.45, 2.75) is 0 Å². The van der Waals surface area contributed by atoms with Crippen LogP contribution in [0.25, 0.3) is 115 Å². The molecule has 0 N–H and O–H groups in total. The monoisotopic (exact) mass is 782 g/mol. The van der Waals surface area contributed by atoms with Gasteiger partial charge in [-0.05, 0) is 58.5 Å². The number of nitrogens with zero attached hydrogens (tertiary/aromatic N) is 4. The van der Waals surface area contributed by atoms with E-state index >= 15 is 0 Å². The van der Waals surface area contributed by atoms with Crippen molar-refractivity contribution in [3.63, 3.8) is 0 Å². The van der Waals surface area contributed by atoms with Crippen LogP contribution in [0.15, 0.2) is 206 Å². The van der Waals surface area contributed by atoms with Crippen LogP contribution >= 0.6 is 11.3 Å². The van der Waals surface area contributed by atoms with Gasteiger partial charge in [0, 0.05) is 58.6 Å². The molecular formula is C55H34N4S. The fourth-order valence-electron chi connectivity index (χ4n) is 8.79. The number of thiophene rings is 1. The Morgan fingerprint density at radius 3 is 1.73 bits per heavy atom. The fraction of sp³-hybridized carbons (Fsp3) is 0. The maximum absolute atomic E-state index is 5.29. The highest BCUT2D eigenvalue weighted by Crippen LogP contribution is 2.41. The molecule has 12 aromatic rings. The first kappa shape index (κ1) is 34.3. The molecule has 0 aliphatic rings. The molecule has 3 heterocycles. The SMILES string of the molecule is c1ccc(-c2nc(-c3cccc(-c4ccc5sc6ccccc6c5c4)c3)nc(-c3ccc(-c4ccccc4)c(-n4c5ccccc5c5ccc6ccccc6c54)c3)n2)cc1. The normalized spacial score (nSPS) is 11.7. The van der Waals surface area contributed by atoms with Crippen LogP contribution in [0.1, 0.15) is 0 Å². The summed E-state index contributed by atoms with van der Waals surface area (Å²) in [6.45, 7) is 0. The van der Waals surface area contributed by atoms with E-state index in [1.165, 1.54) is 47.2 Å². The first-order chi connectivity index (χ1) is 29.7. The van der Waals surface area contributed by atoms with Gasteiger partial charge in [-0.1, -0.05) is 170 Å². The first-order valence-corrected chi connectivity index (χ1v) is 21.0. The highest BCUT2D eigenvalue weighted by molar-refractivity contribution is 7.25. The number of rotatable bonds is 6. The molecule has 0 radical (unpaired) electrons. The maximum atomic E-state index is 5.29. The van der Waals surface area contributed by atoms with E-state index in [9.17, 15) is 0 Å². The smallest absolute Gasteiger partial charge is 0.164 e. The predicted octanol–water partition coefficient (Wildman–Crippen LogP) is 14.8. The summed E-state index contributed by atoms with van der Waals surface area (Å²) in [5.41, 5.74) is 10.7. The maximum Gasteiger partial charge on any atom is 0.164 e. The Hall–Kier alpha value is -7.73. The van der Waals surface area contributed by atoms with Gasteiger partial charge in [-0.25, -0.2) is 15.0 Å². The Morgan fingerprint density at radius 2 is 0.917 bits per heavy atom. The first-order valence-electron chi connectivity index (χ1n) is 20.2. The lowest BCUT2D eigenvalue weighted by Gasteiger charge is -2.17.